The number of rotatable bonds is 4. The summed E-state index contributed by atoms with van der Waals surface area (Å²) in [6.45, 7) is 4.79. The lowest BCUT2D eigenvalue weighted by molar-refractivity contribution is -0.125. The van der Waals surface area contributed by atoms with Crippen LogP contribution in [0.15, 0.2) is 4.99 Å². The van der Waals surface area contributed by atoms with Gasteiger partial charge in [-0.15, -0.1) is 24.0 Å². The van der Waals surface area contributed by atoms with E-state index in [1.807, 2.05) is 7.05 Å². The molecule has 2 N–H and O–H groups in total. The molecule has 2 aliphatic heterocycles. The van der Waals surface area contributed by atoms with Gasteiger partial charge in [0.1, 0.15) is 0 Å². The van der Waals surface area contributed by atoms with Gasteiger partial charge in [-0.05, 0) is 50.9 Å². The van der Waals surface area contributed by atoms with E-state index in [0.29, 0.717) is 29.5 Å². The summed E-state index contributed by atoms with van der Waals surface area (Å²) in [5, 5.41) is 7.61. The molecule has 0 aromatic carbocycles. The molecule has 154 valence electrons. The Hall–Kier alpha value is -0.0800. The molecule has 5 nitrogen and oxygen atoms in total. The molecule has 3 aliphatic carbocycles. The quantitative estimate of drug-likeness (QED) is 0.363. The maximum atomic E-state index is 6.13. The molecule has 6 heteroatoms. The SMILES string of the molecule is CN=C(NC1CCN(CC2CC2)CC1)NC1C2CCOC2C12CCCC2.I. The van der Waals surface area contributed by atoms with E-state index in [1.165, 1.54) is 77.4 Å². The highest BCUT2D eigenvalue weighted by Gasteiger charge is 2.65. The van der Waals surface area contributed by atoms with E-state index >= 15 is 0 Å². The smallest absolute Gasteiger partial charge is 0.191 e. The summed E-state index contributed by atoms with van der Waals surface area (Å²) in [4.78, 5) is 7.26. The van der Waals surface area contributed by atoms with Crippen LogP contribution in [-0.2, 0) is 4.74 Å². The first-order chi connectivity index (χ1) is 12.8. The second-order valence-electron chi connectivity index (χ2n) is 9.54. The minimum atomic E-state index is 0. The number of likely N-dealkylation sites (tertiary alicyclic amines) is 1. The molecule has 5 aliphatic rings. The molecular weight excluding hydrogens is 451 g/mol. The van der Waals surface area contributed by atoms with Gasteiger partial charge < -0.3 is 20.3 Å². The maximum absolute atomic E-state index is 6.13. The summed E-state index contributed by atoms with van der Waals surface area (Å²) in [6.07, 6.45) is 12.6. The molecule has 2 saturated heterocycles. The van der Waals surface area contributed by atoms with Crippen molar-refractivity contribution in [2.75, 3.05) is 33.3 Å². The highest BCUT2D eigenvalue weighted by molar-refractivity contribution is 14.0. The molecule has 27 heavy (non-hydrogen) atoms. The maximum Gasteiger partial charge on any atom is 0.191 e. The topological polar surface area (TPSA) is 48.9 Å². The number of piperidine rings is 1. The lowest BCUT2D eigenvalue weighted by Gasteiger charge is -2.57. The summed E-state index contributed by atoms with van der Waals surface area (Å²) in [7, 11) is 1.93. The molecule has 5 rings (SSSR count). The van der Waals surface area contributed by atoms with E-state index in [4.69, 9.17) is 4.74 Å². The van der Waals surface area contributed by atoms with Gasteiger partial charge in [-0.25, -0.2) is 0 Å². The first-order valence-electron chi connectivity index (χ1n) is 11.1. The van der Waals surface area contributed by atoms with Gasteiger partial charge in [0, 0.05) is 56.7 Å². The largest absolute Gasteiger partial charge is 0.377 e. The molecular formula is C21H37IN4O. The third-order valence-electron chi connectivity index (χ3n) is 7.94. The fourth-order valence-electron chi connectivity index (χ4n) is 6.34. The molecule has 3 saturated carbocycles. The number of nitrogens with one attached hydrogen (secondary N) is 2. The van der Waals surface area contributed by atoms with Crippen molar-refractivity contribution in [3.63, 3.8) is 0 Å². The molecule has 1 spiro atoms. The summed E-state index contributed by atoms with van der Waals surface area (Å²) in [5.41, 5.74) is 0.395. The predicted octanol–water partition coefficient (Wildman–Crippen LogP) is 2.99. The zero-order valence-corrected chi connectivity index (χ0v) is 19.1. The Morgan fingerprint density at radius 3 is 2.48 bits per heavy atom. The minimum absolute atomic E-state index is 0. The standard InChI is InChI=1S/C21H36N4O.HI/c1-22-20(23-16-6-11-25(12-7-16)14-15-4-5-15)24-18-17-8-13-26-19(17)21(18)9-2-3-10-21;/h15-19H,2-14H2,1H3,(H2,22,23,24);1H. The van der Waals surface area contributed by atoms with E-state index in [0.717, 1.165) is 18.5 Å². The normalized spacial score (nSPS) is 36.2. The summed E-state index contributed by atoms with van der Waals surface area (Å²) < 4.78 is 6.13. The van der Waals surface area contributed by atoms with E-state index in [1.54, 1.807) is 0 Å². The van der Waals surface area contributed by atoms with Crippen molar-refractivity contribution in [3.05, 3.63) is 0 Å². The number of nitrogens with zero attached hydrogens (tertiary/aromatic N) is 2. The van der Waals surface area contributed by atoms with Gasteiger partial charge in [0.15, 0.2) is 5.96 Å². The van der Waals surface area contributed by atoms with Gasteiger partial charge in [0.05, 0.1) is 6.10 Å². The Morgan fingerprint density at radius 1 is 1.07 bits per heavy atom. The lowest BCUT2D eigenvalue weighted by atomic mass is 9.54. The Balaban J connectivity index is 0.00000180. The Labute approximate surface area is 181 Å². The van der Waals surface area contributed by atoms with Crippen LogP contribution < -0.4 is 10.6 Å². The van der Waals surface area contributed by atoms with E-state index in [2.05, 4.69) is 20.5 Å². The van der Waals surface area contributed by atoms with Crippen molar-refractivity contribution >= 4 is 29.9 Å². The van der Waals surface area contributed by atoms with Gasteiger partial charge >= 0.3 is 0 Å². The van der Waals surface area contributed by atoms with Crippen LogP contribution in [0.1, 0.15) is 57.8 Å². The van der Waals surface area contributed by atoms with Crippen molar-refractivity contribution < 1.29 is 4.74 Å². The molecule has 0 aromatic heterocycles. The van der Waals surface area contributed by atoms with Gasteiger partial charge in [0.2, 0.25) is 0 Å². The Kier molecular flexibility index (Phi) is 6.24. The average Bonchev–Trinajstić information content (AvgIpc) is 3.15. The molecule has 0 bridgehead atoms. The first kappa shape index (κ1) is 20.2. The molecule has 5 fully saturated rings. The number of fused-ring (bicyclic) bond motifs is 2. The van der Waals surface area contributed by atoms with Crippen LogP contribution in [0.5, 0.6) is 0 Å². The molecule has 2 heterocycles. The Morgan fingerprint density at radius 2 is 1.81 bits per heavy atom. The van der Waals surface area contributed by atoms with Crippen molar-refractivity contribution in [1.82, 2.24) is 15.5 Å². The fraction of sp³-hybridized carbons (Fsp3) is 0.952. The van der Waals surface area contributed by atoms with Crippen LogP contribution in [0, 0.1) is 17.3 Å². The molecule has 3 atom stereocenters. The highest BCUT2D eigenvalue weighted by atomic mass is 127. The summed E-state index contributed by atoms with van der Waals surface area (Å²) in [5.74, 6) is 2.75. The van der Waals surface area contributed by atoms with Crippen molar-refractivity contribution in [2.45, 2.75) is 76.0 Å². The third-order valence-corrected chi connectivity index (χ3v) is 7.94. The van der Waals surface area contributed by atoms with Gasteiger partial charge in [0.25, 0.3) is 0 Å². The highest BCUT2D eigenvalue weighted by Crippen LogP contribution is 2.60. The zero-order valence-electron chi connectivity index (χ0n) is 16.8. The van der Waals surface area contributed by atoms with E-state index < -0.39 is 0 Å². The number of hydrogen-bond acceptors (Lipinski definition) is 3. The van der Waals surface area contributed by atoms with Crippen LogP contribution >= 0.6 is 24.0 Å². The van der Waals surface area contributed by atoms with Crippen molar-refractivity contribution in [2.24, 2.45) is 22.2 Å². The summed E-state index contributed by atoms with van der Waals surface area (Å²) >= 11 is 0. The zero-order chi connectivity index (χ0) is 17.6. The third kappa shape index (κ3) is 3.87. The van der Waals surface area contributed by atoms with Crippen molar-refractivity contribution in [1.29, 1.82) is 0 Å². The predicted molar refractivity (Wildman–Crippen MR) is 120 cm³/mol. The van der Waals surface area contributed by atoms with Gasteiger partial charge in [-0.1, -0.05) is 12.8 Å². The summed E-state index contributed by atoms with van der Waals surface area (Å²) in [6, 6.07) is 1.14. The second kappa shape index (κ2) is 8.34. The molecule has 0 aromatic rings. The van der Waals surface area contributed by atoms with Crippen LogP contribution in [0.2, 0.25) is 0 Å². The molecule has 0 amide bonds. The number of halogens is 1. The number of hydrogen-bond donors (Lipinski definition) is 2. The second-order valence-corrected chi connectivity index (χ2v) is 9.54. The fourth-order valence-corrected chi connectivity index (χ4v) is 6.34. The number of aliphatic imine (C=N–C) groups is 1. The van der Waals surface area contributed by atoms with E-state index in [-0.39, 0.29) is 24.0 Å². The number of guanidine groups is 1. The van der Waals surface area contributed by atoms with Crippen molar-refractivity contribution in [3.8, 4) is 0 Å². The molecule has 0 radical (unpaired) electrons. The van der Waals surface area contributed by atoms with Crippen LogP contribution in [0.3, 0.4) is 0 Å². The lowest BCUT2D eigenvalue weighted by Crippen LogP contribution is -2.69. The average molecular weight is 488 g/mol. The monoisotopic (exact) mass is 488 g/mol. The van der Waals surface area contributed by atoms with Crippen LogP contribution in [-0.4, -0.2) is 62.3 Å². The Bertz CT molecular complexity index is 538. The molecule has 3 unspecified atom stereocenters. The minimum Gasteiger partial charge on any atom is -0.377 e. The van der Waals surface area contributed by atoms with Crippen LogP contribution in [0.25, 0.3) is 0 Å². The first-order valence-corrected chi connectivity index (χ1v) is 11.1. The number of ether oxygens (including phenoxy) is 1. The van der Waals surface area contributed by atoms with Gasteiger partial charge in [-0.2, -0.15) is 0 Å². The van der Waals surface area contributed by atoms with Gasteiger partial charge in [-0.3, -0.25) is 4.99 Å². The van der Waals surface area contributed by atoms with E-state index in [9.17, 15) is 0 Å². The van der Waals surface area contributed by atoms with Crippen LogP contribution in [0.4, 0.5) is 0 Å².